The minimum absolute atomic E-state index is 0.426. The van der Waals surface area contributed by atoms with Crippen molar-refractivity contribution in [2.75, 3.05) is 13.1 Å². The highest BCUT2D eigenvalue weighted by atomic mass is 15.2. The Morgan fingerprint density at radius 2 is 2.00 bits per heavy atom. The Bertz CT molecular complexity index is 646. The second-order valence-corrected chi connectivity index (χ2v) is 6.62. The summed E-state index contributed by atoms with van der Waals surface area (Å²) in [6.45, 7) is 10.8. The third-order valence-corrected chi connectivity index (χ3v) is 4.39. The molecule has 118 valence electrons. The van der Waals surface area contributed by atoms with Crippen LogP contribution in [-0.2, 0) is 0 Å². The van der Waals surface area contributed by atoms with E-state index in [1.165, 1.54) is 19.4 Å². The number of aromatic nitrogens is 4. The zero-order valence-corrected chi connectivity index (χ0v) is 13.9. The molecule has 0 amide bonds. The van der Waals surface area contributed by atoms with Gasteiger partial charge in [-0.05, 0) is 59.2 Å². The number of nitrogens with zero attached hydrogens (tertiary/aromatic N) is 4. The summed E-state index contributed by atoms with van der Waals surface area (Å²) in [4.78, 5) is 12.0. The molecule has 1 N–H and O–H groups in total. The largest absolute Gasteiger partial charge is 0.300 e. The molecular weight excluding hydrogens is 274 g/mol. The number of aryl methyl sites for hydroxylation is 2. The molecule has 1 saturated heterocycles. The summed E-state index contributed by atoms with van der Waals surface area (Å²) in [5.74, 6) is 1.40. The van der Waals surface area contributed by atoms with E-state index in [2.05, 4.69) is 28.9 Å². The van der Waals surface area contributed by atoms with Crippen LogP contribution in [0.5, 0.6) is 0 Å². The maximum Gasteiger partial charge on any atom is 0.133 e. The molecule has 0 saturated carbocycles. The van der Waals surface area contributed by atoms with E-state index in [-0.39, 0.29) is 0 Å². The standard InChI is InChI=1S/C17H25N5/c1-11(2)22-7-5-6-14(10-22)17-18-12(3)8-15(19-17)16-9-13(4)20-21-16/h8-9,11,14H,5-7,10H2,1-4H3,(H,20,21)/t14-/m0/s1. The molecule has 3 heterocycles. The first-order valence-corrected chi connectivity index (χ1v) is 8.15. The quantitative estimate of drug-likeness (QED) is 0.946. The van der Waals surface area contributed by atoms with Crippen LogP contribution in [0.4, 0.5) is 0 Å². The second-order valence-electron chi connectivity index (χ2n) is 6.62. The van der Waals surface area contributed by atoms with Crippen LogP contribution in [0.1, 0.15) is 49.8 Å². The molecule has 0 bridgehead atoms. The lowest BCUT2D eigenvalue weighted by molar-refractivity contribution is 0.165. The number of aromatic amines is 1. The Morgan fingerprint density at radius 3 is 2.68 bits per heavy atom. The van der Waals surface area contributed by atoms with Gasteiger partial charge in [0, 0.05) is 29.9 Å². The van der Waals surface area contributed by atoms with E-state index >= 15 is 0 Å². The summed E-state index contributed by atoms with van der Waals surface area (Å²) in [5, 5.41) is 7.32. The molecule has 5 nitrogen and oxygen atoms in total. The lowest BCUT2D eigenvalue weighted by atomic mass is 9.96. The number of likely N-dealkylation sites (tertiary alicyclic amines) is 1. The Labute approximate surface area is 132 Å². The van der Waals surface area contributed by atoms with Crippen LogP contribution in [0, 0.1) is 13.8 Å². The Kier molecular flexibility index (Phi) is 4.25. The lowest BCUT2D eigenvalue weighted by Gasteiger charge is -2.34. The molecule has 22 heavy (non-hydrogen) atoms. The number of piperidine rings is 1. The van der Waals surface area contributed by atoms with Crippen LogP contribution in [0.2, 0.25) is 0 Å². The van der Waals surface area contributed by atoms with E-state index in [0.717, 1.165) is 35.1 Å². The van der Waals surface area contributed by atoms with E-state index in [0.29, 0.717) is 12.0 Å². The predicted molar refractivity (Wildman–Crippen MR) is 87.8 cm³/mol. The minimum Gasteiger partial charge on any atom is -0.300 e. The van der Waals surface area contributed by atoms with E-state index in [9.17, 15) is 0 Å². The van der Waals surface area contributed by atoms with Gasteiger partial charge in [-0.25, -0.2) is 9.97 Å². The maximum absolute atomic E-state index is 4.81. The van der Waals surface area contributed by atoms with E-state index in [4.69, 9.17) is 9.97 Å². The molecule has 0 spiro atoms. The van der Waals surface area contributed by atoms with Crippen molar-refractivity contribution in [3.8, 4) is 11.4 Å². The lowest BCUT2D eigenvalue weighted by Crippen LogP contribution is -2.39. The van der Waals surface area contributed by atoms with Gasteiger partial charge in [0.15, 0.2) is 0 Å². The first-order valence-electron chi connectivity index (χ1n) is 8.15. The fourth-order valence-electron chi connectivity index (χ4n) is 3.14. The number of rotatable bonds is 3. The van der Waals surface area contributed by atoms with Crippen molar-refractivity contribution < 1.29 is 0 Å². The van der Waals surface area contributed by atoms with Crippen LogP contribution in [0.15, 0.2) is 12.1 Å². The van der Waals surface area contributed by atoms with Crippen molar-refractivity contribution in [3.63, 3.8) is 0 Å². The third kappa shape index (κ3) is 3.19. The van der Waals surface area contributed by atoms with E-state index in [1.54, 1.807) is 0 Å². The van der Waals surface area contributed by atoms with Crippen molar-refractivity contribution >= 4 is 0 Å². The molecule has 2 aromatic heterocycles. The fourth-order valence-corrected chi connectivity index (χ4v) is 3.14. The molecule has 0 radical (unpaired) electrons. The maximum atomic E-state index is 4.81. The number of H-pyrrole nitrogens is 1. The fraction of sp³-hybridized carbons (Fsp3) is 0.588. The average molecular weight is 299 g/mol. The Hall–Kier alpha value is -1.75. The average Bonchev–Trinajstić information content (AvgIpc) is 2.93. The highest BCUT2D eigenvalue weighted by Crippen LogP contribution is 2.27. The van der Waals surface area contributed by atoms with Crippen molar-refractivity contribution in [3.05, 3.63) is 29.3 Å². The molecule has 1 atom stereocenters. The summed E-state index contributed by atoms with van der Waals surface area (Å²) in [6.07, 6.45) is 2.39. The first kappa shape index (κ1) is 15.2. The SMILES string of the molecule is Cc1cc(-c2cc(C)[nH]n2)nc([C@H]2CCCN(C(C)C)C2)n1. The monoisotopic (exact) mass is 299 g/mol. The summed E-state index contributed by atoms with van der Waals surface area (Å²) >= 11 is 0. The zero-order chi connectivity index (χ0) is 15.7. The van der Waals surface area contributed by atoms with E-state index < -0.39 is 0 Å². The van der Waals surface area contributed by atoms with Gasteiger partial charge < -0.3 is 4.90 Å². The van der Waals surface area contributed by atoms with Crippen LogP contribution >= 0.6 is 0 Å². The van der Waals surface area contributed by atoms with Gasteiger partial charge in [-0.3, -0.25) is 5.10 Å². The topological polar surface area (TPSA) is 57.7 Å². The first-order chi connectivity index (χ1) is 10.5. The van der Waals surface area contributed by atoms with Crippen molar-refractivity contribution in [1.82, 2.24) is 25.1 Å². The zero-order valence-electron chi connectivity index (χ0n) is 13.9. The van der Waals surface area contributed by atoms with Gasteiger partial charge in [-0.15, -0.1) is 0 Å². The summed E-state index contributed by atoms with van der Waals surface area (Å²) < 4.78 is 0. The van der Waals surface area contributed by atoms with Crippen LogP contribution in [0.3, 0.4) is 0 Å². The van der Waals surface area contributed by atoms with Gasteiger partial charge in [-0.2, -0.15) is 5.10 Å². The number of hydrogen-bond donors (Lipinski definition) is 1. The summed E-state index contributed by atoms with van der Waals surface area (Å²) in [5.41, 5.74) is 3.90. The molecule has 2 aromatic rings. The third-order valence-electron chi connectivity index (χ3n) is 4.39. The van der Waals surface area contributed by atoms with Gasteiger partial charge in [0.25, 0.3) is 0 Å². The smallest absolute Gasteiger partial charge is 0.133 e. The van der Waals surface area contributed by atoms with Crippen molar-refractivity contribution in [1.29, 1.82) is 0 Å². The molecular formula is C17H25N5. The van der Waals surface area contributed by atoms with Crippen LogP contribution in [-0.4, -0.2) is 44.2 Å². The molecule has 0 aromatic carbocycles. The summed E-state index contributed by atoms with van der Waals surface area (Å²) in [7, 11) is 0. The summed E-state index contributed by atoms with van der Waals surface area (Å²) in [6, 6.07) is 4.63. The molecule has 1 aliphatic heterocycles. The highest BCUT2D eigenvalue weighted by Gasteiger charge is 2.25. The van der Waals surface area contributed by atoms with Gasteiger partial charge >= 0.3 is 0 Å². The van der Waals surface area contributed by atoms with Crippen LogP contribution < -0.4 is 0 Å². The Morgan fingerprint density at radius 1 is 1.18 bits per heavy atom. The van der Waals surface area contributed by atoms with Gasteiger partial charge in [0.2, 0.25) is 0 Å². The highest BCUT2D eigenvalue weighted by molar-refractivity contribution is 5.54. The number of hydrogen-bond acceptors (Lipinski definition) is 4. The van der Waals surface area contributed by atoms with Gasteiger partial charge in [0.1, 0.15) is 11.5 Å². The molecule has 0 unspecified atom stereocenters. The van der Waals surface area contributed by atoms with Crippen molar-refractivity contribution in [2.45, 2.75) is 52.5 Å². The van der Waals surface area contributed by atoms with Crippen LogP contribution in [0.25, 0.3) is 11.4 Å². The second kappa shape index (κ2) is 6.16. The van der Waals surface area contributed by atoms with Gasteiger partial charge in [0.05, 0.1) is 5.69 Å². The van der Waals surface area contributed by atoms with Gasteiger partial charge in [-0.1, -0.05) is 0 Å². The number of nitrogens with one attached hydrogen (secondary N) is 1. The molecule has 5 heteroatoms. The van der Waals surface area contributed by atoms with E-state index in [1.807, 2.05) is 26.0 Å². The normalized spacial score (nSPS) is 19.8. The molecule has 1 fully saturated rings. The molecule has 3 rings (SSSR count). The minimum atomic E-state index is 0.426. The molecule has 1 aliphatic rings. The molecule has 0 aliphatic carbocycles. The van der Waals surface area contributed by atoms with Crippen molar-refractivity contribution in [2.24, 2.45) is 0 Å². The predicted octanol–water partition coefficient (Wildman–Crippen LogP) is 3.07. The Balaban J connectivity index is 1.89.